The van der Waals surface area contributed by atoms with Gasteiger partial charge in [0, 0.05) is 11.1 Å². The highest BCUT2D eigenvalue weighted by atomic mass is 32.1. The van der Waals surface area contributed by atoms with E-state index in [2.05, 4.69) is 10.3 Å². The van der Waals surface area contributed by atoms with Gasteiger partial charge in [0.1, 0.15) is 5.60 Å². The summed E-state index contributed by atoms with van der Waals surface area (Å²) >= 11 is 1.35. The van der Waals surface area contributed by atoms with Crippen LogP contribution in [0.4, 0.5) is 4.79 Å². The fourth-order valence-electron chi connectivity index (χ4n) is 1.39. The van der Waals surface area contributed by atoms with Crippen molar-refractivity contribution >= 4 is 23.4 Å². The molecule has 1 amide bonds. The minimum atomic E-state index is -0.993. The lowest BCUT2D eigenvalue weighted by atomic mass is 10.2. The van der Waals surface area contributed by atoms with Crippen molar-refractivity contribution in [3.63, 3.8) is 0 Å². The second-order valence-electron chi connectivity index (χ2n) is 5.08. The lowest BCUT2D eigenvalue weighted by Gasteiger charge is -2.22. The summed E-state index contributed by atoms with van der Waals surface area (Å²) in [6.07, 6.45) is 0.732. The van der Waals surface area contributed by atoms with Crippen molar-refractivity contribution in [2.24, 2.45) is 0 Å². The molecule has 0 unspecified atom stereocenters. The number of carboxylic acids is 1. The van der Waals surface area contributed by atoms with E-state index in [4.69, 9.17) is 9.84 Å². The number of thiazole rings is 1. The Morgan fingerprint density at radius 2 is 2.16 bits per heavy atom. The van der Waals surface area contributed by atoms with Gasteiger partial charge in [-0.1, -0.05) is 0 Å². The zero-order valence-corrected chi connectivity index (χ0v) is 12.2. The van der Waals surface area contributed by atoms with Gasteiger partial charge in [0.05, 0.1) is 17.5 Å². The Hall–Kier alpha value is -1.63. The summed E-state index contributed by atoms with van der Waals surface area (Å²) in [5.74, 6) is -0.993. The molecule has 0 aliphatic carbocycles. The Balaban J connectivity index is 2.76. The van der Waals surface area contributed by atoms with Crippen molar-refractivity contribution in [3.8, 4) is 0 Å². The van der Waals surface area contributed by atoms with Crippen LogP contribution in [0, 0.1) is 6.92 Å². The van der Waals surface area contributed by atoms with E-state index >= 15 is 0 Å². The van der Waals surface area contributed by atoms with E-state index in [1.165, 1.54) is 11.3 Å². The lowest BCUT2D eigenvalue weighted by Crippen LogP contribution is -2.35. The van der Waals surface area contributed by atoms with Crippen LogP contribution in [-0.4, -0.2) is 27.8 Å². The summed E-state index contributed by atoms with van der Waals surface area (Å²) in [7, 11) is 0. The van der Waals surface area contributed by atoms with Gasteiger partial charge in [-0.3, -0.25) is 4.79 Å². The first kappa shape index (κ1) is 15.4. The Morgan fingerprint density at radius 1 is 1.53 bits per heavy atom. The van der Waals surface area contributed by atoms with Gasteiger partial charge in [-0.25, -0.2) is 9.78 Å². The molecule has 0 fully saturated rings. The Kier molecular flexibility index (Phi) is 4.88. The fourth-order valence-corrected chi connectivity index (χ4v) is 2.22. The molecule has 0 saturated heterocycles. The molecule has 1 atom stereocenters. The number of aryl methyl sites for hydroxylation is 1. The van der Waals surface area contributed by atoms with Crippen LogP contribution in [0.2, 0.25) is 0 Å². The number of aliphatic carboxylic acids is 1. The summed E-state index contributed by atoms with van der Waals surface area (Å²) in [6.45, 7) is 7.06. The summed E-state index contributed by atoms with van der Waals surface area (Å²) in [5, 5.41) is 12.3. The van der Waals surface area contributed by atoms with Gasteiger partial charge in [-0.15, -0.1) is 11.3 Å². The smallest absolute Gasteiger partial charge is 0.408 e. The van der Waals surface area contributed by atoms with Crippen LogP contribution in [0.1, 0.15) is 43.1 Å². The maximum atomic E-state index is 11.7. The zero-order chi connectivity index (χ0) is 14.6. The monoisotopic (exact) mass is 286 g/mol. The predicted molar refractivity (Wildman–Crippen MR) is 71.2 cm³/mol. The van der Waals surface area contributed by atoms with Crippen molar-refractivity contribution in [2.75, 3.05) is 0 Å². The molecule has 106 valence electrons. The molecule has 0 saturated carbocycles. The molecule has 0 aliphatic heterocycles. The first-order valence-corrected chi connectivity index (χ1v) is 6.62. The van der Waals surface area contributed by atoms with Gasteiger partial charge in [0.25, 0.3) is 0 Å². The number of ether oxygens (including phenoxy) is 1. The number of nitrogens with zero attached hydrogens (tertiary/aromatic N) is 1. The van der Waals surface area contributed by atoms with E-state index in [1.807, 2.05) is 6.92 Å². The van der Waals surface area contributed by atoms with Crippen molar-refractivity contribution in [1.82, 2.24) is 10.3 Å². The number of hydrogen-bond acceptors (Lipinski definition) is 5. The SMILES string of the molecule is Cc1ncc([C@@H](CC(=O)O)NC(=O)OC(C)(C)C)s1. The molecule has 1 aromatic rings. The predicted octanol–water partition coefficient (Wildman–Crippen LogP) is 2.49. The number of rotatable bonds is 4. The van der Waals surface area contributed by atoms with Crippen LogP contribution in [-0.2, 0) is 9.53 Å². The van der Waals surface area contributed by atoms with Crippen LogP contribution in [0.3, 0.4) is 0 Å². The highest BCUT2D eigenvalue weighted by Crippen LogP contribution is 2.23. The van der Waals surface area contributed by atoms with E-state index in [0.717, 1.165) is 5.01 Å². The highest BCUT2D eigenvalue weighted by Gasteiger charge is 2.23. The standard InChI is InChI=1S/C12H18N2O4S/c1-7-13-6-9(19-7)8(5-10(15)16)14-11(17)18-12(2,3)4/h6,8H,5H2,1-4H3,(H,14,17)(H,15,16)/t8-/m1/s1. The normalized spacial score (nSPS) is 12.8. The molecule has 0 aromatic carbocycles. The molecule has 0 aliphatic rings. The number of nitrogens with one attached hydrogen (secondary N) is 1. The van der Waals surface area contributed by atoms with Crippen LogP contribution in [0.15, 0.2) is 6.20 Å². The highest BCUT2D eigenvalue weighted by molar-refractivity contribution is 7.11. The summed E-state index contributed by atoms with van der Waals surface area (Å²) < 4.78 is 5.12. The number of aromatic nitrogens is 1. The second-order valence-corrected chi connectivity index (χ2v) is 6.34. The fraction of sp³-hybridized carbons (Fsp3) is 0.583. The molecular weight excluding hydrogens is 268 g/mol. The third-order valence-corrected chi connectivity index (χ3v) is 3.08. The number of carboxylic acid groups (broad SMARTS) is 1. The average Bonchev–Trinajstić information content (AvgIpc) is 2.60. The largest absolute Gasteiger partial charge is 0.481 e. The third-order valence-electron chi connectivity index (χ3n) is 2.05. The molecule has 1 heterocycles. The van der Waals surface area contributed by atoms with E-state index in [9.17, 15) is 9.59 Å². The maximum absolute atomic E-state index is 11.7. The summed E-state index contributed by atoms with van der Waals surface area (Å²) in [6, 6.07) is -0.626. The molecule has 6 nitrogen and oxygen atoms in total. The molecule has 19 heavy (non-hydrogen) atoms. The Labute approximate surface area is 115 Å². The minimum Gasteiger partial charge on any atom is -0.481 e. The molecular formula is C12H18N2O4S. The number of hydrogen-bond donors (Lipinski definition) is 2. The molecule has 1 aromatic heterocycles. The topological polar surface area (TPSA) is 88.5 Å². The molecule has 7 heteroatoms. The first-order chi connectivity index (χ1) is 8.67. The van der Waals surface area contributed by atoms with Gasteiger partial charge in [-0.05, 0) is 27.7 Å². The maximum Gasteiger partial charge on any atom is 0.408 e. The molecule has 1 rings (SSSR count). The quantitative estimate of drug-likeness (QED) is 0.887. The number of carbonyl (C=O) groups is 2. The van der Waals surface area contributed by atoms with Gasteiger partial charge < -0.3 is 15.2 Å². The van der Waals surface area contributed by atoms with Crippen LogP contribution >= 0.6 is 11.3 Å². The first-order valence-electron chi connectivity index (χ1n) is 5.81. The molecule has 0 radical (unpaired) electrons. The average molecular weight is 286 g/mol. The Bertz CT molecular complexity index is 465. The minimum absolute atomic E-state index is 0.207. The van der Waals surface area contributed by atoms with Gasteiger partial charge >= 0.3 is 12.1 Å². The van der Waals surface area contributed by atoms with E-state index in [1.54, 1.807) is 27.0 Å². The van der Waals surface area contributed by atoms with E-state index in [-0.39, 0.29) is 6.42 Å². The van der Waals surface area contributed by atoms with Crippen molar-refractivity contribution < 1.29 is 19.4 Å². The van der Waals surface area contributed by atoms with E-state index < -0.39 is 23.7 Å². The van der Waals surface area contributed by atoms with Gasteiger partial charge in [0.2, 0.25) is 0 Å². The molecule has 0 spiro atoms. The number of amides is 1. The van der Waals surface area contributed by atoms with Gasteiger partial charge in [0.15, 0.2) is 0 Å². The van der Waals surface area contributed by atoms with Crippen molar-refractivity contribution in [2.45, 2.75) is 45.8 Å². The zero-order valence-electron chi connectivity index (χ0n) is 11.4. The molecule has 2 N–H and O–H groups in total. The van der Waals surface area contributed by atoms with Gasteiger partial charge in [-0.2, -0.15) is 0 Å². The van der Waals surface area contributed by atoms with Crippen LogP contribution in [0.5, 0.6) is 0 Å². The lowest BCUT2D eigenvalue weighted by molar-refractivity contribution is -0.137. The number of carbonyl (C=O) groups excluding carboxylic acids is 1. The molecule has 0 bridgehead atoms. The van der Waals surface area contributed by atoms with Crippen molar-refractivity contribution in [1.29, 1.82) is 0 Å². The number of alkyl carbamates (subject to hydrolysis) is 1. The second kappa shape index (κ2) is 6.01. The summed E-state index contributed by atoms with van der Waals surface area (Å²) in [4.78, 5) is 27.3. The van der Waals surface area contributed by atoms with E-state index in [0.29, 0.717) is 4.88 Å². The van der Waals surface area contributed by atoms with Crippen LogP contribution in [0.25, 0.3) is 0 Å². The van der Waals surface area contributed by atoms with Crippen molar-refractivity contribution in [3.05, 3.63) is 16.1 Å². The third kappa shape index (κ3) is 5.69. The summed E-state index contributed by atoms with van der Waals surface area (Å²) in [5.41, 5.74) is -0.624. The Morgan fingerprint density at radius 3 is 2.58 bits per heavy atom. The van der Waals surface area contributed by atoms with Crippen LogP contribution < -0.4 is 5.32 Å².